The zero-order chi connectivity index (χ0) is 12.8. The summed E-state index contributed by atoms with van der Waals surface area (Å²) in [7, 11) is 0. The first kappa shape index (κ1) is 12.2. The van der Waals surface area contributed by atoms with Crippen LogP contribution >= 0.6 is 11.3 Å². The standard InChI is InChI=1S/C14H20N2OS/c1-3-11(4-2)16-12(10-5-8-18-9-10)15-14(6-7-14)13(16)17/h5,8-9,11-12,15H,3-4,6-7H2,1-2H3. The lowest BCUT2D eigenvalue weighted by atomic mass is 10.1. The maximum absolute atomic E-state index is 12.6. The highest BCUT2D eigenvalue weighted by molar-refractivity contribution is 7.07. The molecule has 0 radical (unpaired) electrons. The molecule has 2 aliphatic rings. The number of nitrogens with zero attached hydrogens (tertiary/aromatic N) is 1. The van der Waals surface area contributed by atoms with Crippen molar-refractivity contribution in [1.29, 1.82) is 0 Å². The average molecular weight is 264 g/mol. The summed E-state index contributed by atoms with van der Waals surface area (Å²) in [6.07, 6.45) is 4.16. The van der Waals surface area contributed by atoms with Crippen LogP contribution in [-0.2, 0) is 4.79 Å². The Bertz CT molecular complexity index is 435. The number of rotatable bonds is 4. The minimum Gasteiger partial charge on any atom is -0.318 e. The molecular formula is C14H20N2OS. The quantitative estimate of drug-likeness (QED) is 0.907. The zero-order valence-corrected chi connectivity index (χ0v) is 11.8. The first-order valence-corrected chi connectivity index (χ1v) is 7.78. The molecule has 2 heterocycles. The highest BCUT2D eigenvalue weighted by Gasteiger charge is 2.60. The number of thiophene rings is 1. The third-order valence-electron chi connectivity index (χ3n) is 4.28. The predicted octanol–water partition coefficient (Wildman–Crippen LogP) is 2.90. The van der Waals surface area contributed by atoms with Gasteiger partial charge in [-0.05, 0) is 48.1 Å². The molecule has 3 nitrogen and oxygen atoms in total. The van der Waals surface area contributed by atoms with Gasteiger partial charge in [-0.3, -0.25) is 10.1 Å². The first-order valence-electron chi connectivity index (χ1n) is 6.84. The lowest BCUT2D eigenvalue weighted by Crippen LogP contribution is -2.39. The van der Waals surface area contributed by atoms with Crippen molar-refractivity contribution in [3.63, 3.8) is 0 Å². The summed E-state index contributed by atoms with van der Waals surface area (Å²) in [5.41, 5.74) is 1.03. The van der Waals surface area contributed by atoms with Crippen LogP contribution in [0.2, 0.25) is 0 Å². The van der Waals surface area contributed by atoms with E-state index in [4.69, 9.17) is 0 Å². The molecule has 1 N–H and O–H groups in total. The normalized spacial score (nSPS) is 25.4. The molecule has 1 aromatic heterocycles. The van der Waals surface area contributed by atoms with Crippen molar-refractivity contribution in [1.82, 2.24) is 10.2 Å². The van der Waals surface area contributed by atoms with Gasteiger partial charge in [-0.25, -0.2) is 0 Å². The molecule has 2 fully saturated rings. The fraction of sp³-hybridized carbons (Fsp3) is 0.643. The lowest BCUT2D eigenvalue weighted by molar-refractivity contribution is -0.133. The highest BCUT2D eigenvalue weighted by Crippen LogP contribution is 2.47. The van der Waals surface area contributed by atoms with E-state index in [1.165, 1.54) is 5.56 Å². The van der Waals surface area contributed by atoms with Gasteiger partial charge >= 0.3 is 0 Å². The maximum Gasteiger partial charge on any atom is 0.244 e. The van der Waals surface area contributed by atoms with E-state index in [1.807, 2.05) is 0 Å². The van der Waals surface area contributed by atoms with Gasteiger partial charge in [-0.1, -0.05) is 13.8 Å². The topological polar surface area (TPSA) is 32.3 Å². The van der Waals surface area contributed by atoms with E-state index in [2.05, 4.69) is 40.9 Å². The Balaban J connectivity index is 1.93. The fourth-order valence-electron chi connectivity index (χ4n) is 2.97. The smallest absolute Gasteiger partial charge is 0.244 e. The lowest BCUT2D eigenvalue weighted by Gasteiger charge is -2.31. The highest BCUT2D eigenvalue weighted by atomic mass is 32.1. The molecule has 0 bridgehead atoms. The van der Waals surface area contributed by atoms with E-state index in [9.17, 15) is 4.79 Å². The van der Waals surface area contributed by atoms with Crippen LogP contribution in [0.3, 0.4) is 0 Å². The van der Waals surface area contributed by atoms with E-state index in [1.54, 1.807) is 11.3 Å². The number of nitrogens with one attached hydrogen (secondary N) is 1. The summed E-state index contributed by atoms with van der Waals surface area (Å²) in [6.45, 7) is 4.34. The van der Waals surface area contributed by atoms with Crippen molar-refractivity contribution < 1.29 is 4.79 Å². The van der Waals surface area contributed by atoms with Gasteiger partial charge < -0.3 is 4.90 Å². The number of hydrogen-bond donors (Lipinski definition) is 1. The number of carbonyl (C=O) groups is 1. The minimum absolute atomic E-state index is 0.0937. The molecule has 1 saturated carbocycles. The molecule has 4 heteroatoms. The molecule has 1 saturated heterocycles. The summed E-state index contributed by atoms with van der Waals surface area (Å²) in [5, 5.41) is 7.82. The molecular weight excluding hydrogens is 244 g/mol. The number of hydrogen-bond acceptors (Lipinski definition) is 3. The van der Waals surface area contributed by atoms with Crippen LogP contribution in [0.5, 0.6) is 0 Å². The molecule has 1 aliphatic heterocycles. The van der Waals surface area contributed by atoms with Crippen LogP contribution < -0.4 is 5.32 Å². The molecule has 98 valence electrons. The largest absolute Gasteiger partial charge is 0.318 e. The van der Waals surface area contributed by atoms with Crippen LogP contribution in [0.15, 0.2) is 16.8 Å². The Morgan fingerprint density at radius 1 is 1.50 bits per heavy atom. The minimum atomic E-state index is -0.213. The molecule has 1 unspecified atom stereocenters. The number of amides is 1. The summed E-state index contributed by atoms with van der Waals surface area (Å²) in [5.74, 6) is 0.326. The van der Waals surface area contributed by atoms with E-state index in [0.29, 0.717) is 11.9 Å². The first-order chi connectivity index (χ1) is 8.72. The predicted molar refractivity (Wildman–Crippen MR) is 73.4 cm³/mol. The third kappa shape index (κ3) is 1.70. The third-order valence-corrected chi connectivity index (χ3v) is 4.98. The van der Waals surface area contributed by atoms with Crippen molar-refractivity contribution >= 4 is 17.2 Å². The monoisotopic (exact) mass is 264 g/mol. The Morgan fingerprint density at radius 3 is 2.72 bits per heavy atom. The second-order valence-corrected chi connectivity index (χ2v) is 6.15. The van der Waals surface area contributed by atoms with E-state index in [0.717, 1.165) is 25.7 Å². The maximum atomic E-state index is 12.6. The van der Waals surface area contributed by atoms with Crippen molar-refractivity contribution in [2.45, 2.75) is 57.3 Å². The average Bonchev–Trinajstić information content (AvgIpc) is 2.85. The van der Waals surface area contributed by atoms with Crippen molar-refractivity contribution in [3.8, 4) is 0 Å². The Kier molecular flexibility index (Phi) is 2.94. The van der Waals surface area contributed by atoms with Crippen molar-refractivity contribution in [2.75, 3.05) is 0 Å². The second kappa shape index (κ2) is 4.35. The van der Waals surface area contributed by atoms with Gasteiger partial charge in [0.1, 0.15) is 11.7 Å². The van der Waals surface area contributed by atoms with Gasteiger partial charge in [0.05, 0.1) is 0 Å². The molecule has 1 spiro atoms. The summed E-state index contributed by atoms with van der Waals surface area (Å²) >= 11 is 1.70. The van der Waals surface area contributed by atoms with Crippen LogP contribution in [0.25, 0.3) is 0 Å². The van der Waals surface area contributed by atoms with Gasteiger partial charge in [0.15, 0.2) is 0 Å². The zero-order valence-electron chi connectivity index (χ0n) is 11.0. The van der Waals surface area contributed by atoms with Gasteiger partial charge in [0.25, 0.3) is 0 Å². The second-order valence-electron chi connectivity index (χ2n) is 5.37. The van der Waals surface area contributed by atoms with E-state index >= 15 is 0 Å². The van der Waals surface area contributed by atoms with Crippen molar-refractivity contribution in [2.24, 2.45) is 0 Å². The van der Waals surface area contributed by atoms with Gasteiger partial charge in [0.2, 0.25) is 5.91 Å². The van der Waals surface area contributed by atoms with Crippen LogP contribution in [0.4, 0.5) is 0 Å². The molecule has 3 rings (SSSR count). The van der Waals surface area contributed by atoms with Gasteiger partial charge in [0, 0.05) is 6.04 Å². The molecule has 1 aromatic rings. The summed E-state index contributed by atoms with van der Waals surface area (Å²) in [4.78, 5) is 14.7. The molecule has 1 atom stereocenters. The van der Waals surface area contributed by atoms with Crippen LogP contribution in [0, 0.1) is 0 Å². The number of carbonyl (C=O) groups excluding carboxylic acids is 1. The van der Waals surface area contributed by atoms with Crippen molar-refractivity contribution in [3.05, 3.63) is 22.4 Å². The van der Waals surface area contributed by atoms with Crippen LogP contribution in [0.1, 0.15) is 51.3 Å². The molecule has 1 amide bonds. The Hall–Kier alpha value is -0.870. The Labute approximate surface area is 112 Å². The van der Waals surface area contributed by atoms with E-state index < -0.39 is 0 Å². The summed E-state index contributed by atoms with van der Waals surface area (Å²) < 4.78 is 0. The fourth-order valence-corrected chi connectivity index (χ4v) is 3.65. The SMILES string of the molecule is CCC(CC)N1C(=O)C2(CC2)NC1c1ccsc1. The molecule has 1 aliphatic carbocycles. The van der Waals surface area contributed by atoms with E-state index in [-0.39, 0.29) is 11.7 Å². The molecule has 0 aromatic carbocycles. The van der Waals surface area contributed by atoms with Gasteiger partial charge in [-0.2, -0.15) is 11.3 Å². The van der Waals surface area contributed by atoms with Gasteiger partial charge in [-0.15, -0.1) is 0 Å². The van der Waals surface area contributed by atoms with Crippen LogP contribution in [-0.4, -0.2) is 22.4 Å². The molecule has 18 heavy (non-hydrogen) atoms. The Morgan fingerprint density at radius 2 is 2.22 bits per heavy atom. The summed E-state index contributed by atoms with van der Waals surface area (Å²) in [6, 6.07) is 2.49.